The first-order chi connectivity index (χ1) is 14.5. The number of ether oxygens (including phenoxy) is 2. The van der Waals surface area contributed by atoms with Crippen molar-refractivity contribution in [3.63, 3.8) is 0 Å². The summed E-state index contributed by atoms with van der Waals surface area (Å²) in [4.78, 5) is 36.9. The van der Waals surface area contributed by atoms with Crippen molar-refractivity contribution in [2.24, 2.45) is 0 Å². The fourth-order valence-corrected chi connectivity index (χ4v) is 4.02. The number of nitrogens with one attached hydrogen (secondary N) is 2. The van der Waals surface area contributed by atoms with Gasteiger partial charge < -0.3 is 24.7 Å². The highest BCUT2D eigenvalue weighted by Crippen LogP contribution is 2.21. The summed E-state index contributed by atoms with van der Waals surface area (Å²) in [5.74, 6) is 0.765. The van der Waals surface area contributed by atoms with Crippen LogP contribution in [-0.4, -0.2) is 96.3 Å². The summed E-state index contributed by atoms with van der Waals surface area (Å²) in [6.45, 7) is 6.30. The van der Waals surface area contributed by atoms with E-state index in [1.807, 2.05) is 36.1 Å². The zero-order valence-electron chi connectivity index (χ0n) is 17.4. The predicted molar refractivity (Wildman–Crippen MR) is 111 cm³/mol. The van der Waals surface area contributed by atoms with E-state index >= 15 is 0 Å². The lowest BCUT2D eigenvalue weighted by molar-refractivity contribution is -0.171. The van der Waals surface area contributed by atoms with Crippen LogP contribution in [-0.2, 0) is 25.5 Å². The Labute approximate surface area is 175 Å². The first-order valence-electron chi connectivity index (χ1n) is 10.5. The maximum atomic E-state index is 12.9. The van der Waals surface area contributed by atoms with Gasteiger partial charge in [0.15, 0.2) is 5.60 Å². The van der Waals surface area contributed by atoms with Crippen molar-refractivity contribution in [3.05, 3.63) is 30.1 Å². The minimum Gasteiger partial charge on any atom is -0.378 e. The molecular formula is C21H29N5O4. The maximum absolute atomic E-state index is 12.9. The lowest BCUT2D eigenvalue weighted by Crippen LogP contribution is -2.61. The number of amides is 2. The molecule has 2 aliphatic heterocycles. The fourth-order valence-electron chi connectivity index (χ4n) is 4.02. The molecule has 2 N–H and O–H groups in total. The van der Waals surface area contributed by atoms with Gasteiger partial charge in [-0.15, -0.1) is 0 Å². The van der Waals surface area contributed by atoms with Gasteiger partial charge in [-0.25, -0.2) is 4.98 Å². The van der Waals surface area contributed by atoms with E-state index in [-0.39, 0.29) is 18.4 Å². The van der Waals surface area contributed by atoms with Crippen LogP contribution in [0.4, 0.5) is 0 Å². The summed E-state index contributed by atoms with van der Waals surface area (Å²) in [6, 6.07) is 7.86. The lowest BCUT2D eigenvalue weighted by Gasteiger charge is -2.42. The number of H-pyrrole nitrogens is 1. The first kappa shape index (κ1) is 20.8. The molecule has 162 valence electrons. The van der Waals surface area contributed by atoms with Crippen LogP contribution in [0.15, 0.2) is 24.3 Å². The minimum atomic E-state index is -0.926. The topological polar surface area (TPSA) is 99.8 Å². The minimum absolute atomic E-state index is 0.0270. The number of hydrogen-bond acceptors (Lipinski definition) is 6. The second-order valence-corrected chi connectivity index (χ2v) is 8.00. The molecule has 1 aromatic heterocycles. The SMILES string of the molecule is CC1(C(=O)N2CCOCC2)CN(CC(=O)NCCc2nc3ccccc3[nH]2)CCO1. The van der Waals surface area contributed by atoms with Gasteiger partial charge in [-0.3, -0.25) is 14.5 Å². The second-order valence-electron chi connectivity index (χ2n) is 8.00. The molecule has 30 heavy (non-hydrogen) atoms. The fraction of sp³-hybridized carbons (Fsp3) is 0.571. The first-order valence-corrected chi connectivity index (χ1v) is 10.5. The molecule has 0 spiro atoms. The number of aromatic nitrogens is 2. The molecule has 2 saturated heterocycles. The molecule has 0 radical (unpaired) electrons. The Hall–Kier alpha value is -2.49. The van der Waals surface area contributed by atoms with Gasteiger partial charge in [0, 0.05) is 39.1 Å². The van der Waals surface area contributed by atoms with Crippen molar-refractivity contribution in [3.8, 4) is 0 Å². The highest BCUT2D eigenvalue weighted by molar-refractivity contribution is 5.85. The van der Waals surface area contributed by atoms with Crippen LogP contribution in [0, 0.1) is 0 Å². The molecule has 9 heteroatoms. The second kappa shape index (κ2) is 9.11. The van der Waals surface area contributed by atoms with Crippen LogP contribution in [0.5, 0.6) is 0 Å². The van der Waals surface area contributed by atoms with E-state index in [2.05, 4.69) is 15.3 Å². The molecule has 2 fully saturated rings. The standard InChI is InChI=1S/C21H29N5O4/c1-21(20(28)26-9-11-29-12-10-26)15-25(8-13-30-21)14-19(27)22-7-6-18-23-16-4-2-3-5-17(16)24-18/h2-5H,6-15H2,1H3,(H,22,27)(H,23,24). The van der Waals surface area contributed by atoms with E-state index in [0.717, 1.165) is 16.9 Å². The Morgan fingerprint density at radius 2 is 2.00 bits per heavy atom. The van der Waals surface area contributed by atoms with Crippen LogP contribution in [0.25, 0.3) is 11.0 Å². The van der Waals surface area contributed by atoms with Crippen LogP contribution < -0.4 is 5.32 Å². The van der Waals surface area contributed by atoms with Crippen LogP contribution in [0.2, 0.25) is 0 Å². The zero-order chi connectivity index (χ0) is 21.0. The zero-order valence-corrected chi connectivity index (χ0v) is 17.4. The van der Waals surface area contributed by atoms with Crippen LogP contribution >= 0.6 is 0 Å². The van der Waals surface area contributed by atoms with Gasteiger partial charge in [-0.1, -0.05) is 12.1 Å². The number of fused-ring (bicyclic) bond motifs is 1. The van der Waals surface area contributed by atoms with Crippen molar-refractivity contribution in [2.45, 2.75) is 18.9 Å². The van der Waals surface area contributed by atoms with Gasteiger partial charge in [0.1, 0.15) is 5.82 Å². The number of rotatable bonds is 6. The Morgan fingerprint density at radius 3 is 2.80 bits per heavy atom. The molecule has 0 aliphatic carbocycles. The van der Waals surface area contributed by atoms with E-state index in [1.165, 1.54) is 0 Å². The molecule has 2 aliphatic rings. The maximum Gasteiger partial charge on any atom is 0.256 e. The summed E-state index contributed by atoms with van der Waals surface area (Å²) in [5.41, 5.74) is 0.997. The average Bonchev–Trinajstić information content (AvgIpc) is 3.16. The van der Waals surface area contributed by atoms with Gasteiger partial charge in [-0.2, -0.15) is 0 Å². The number of hydrogen-bond donors (Lipinski definition) is 2. The normalized spacial score (nSPS) is 22.9. The predicted octanol–water partition coefficient (Wildman–Crippen LogP) is 0.171. The van der Waals surface area contributed by atoms with Gasteiger partial charge >= 0.3 is 0 Å². The van der Waals surface area contributed by atoms with Crippen molar-refractivity contribution in [1.82, 2.24) is 25.1 Å². The smallest absolute Gasteiger partial charge is 0.256 e. The largest absolute Gasteiger partial charge is 0.378 e. The number of benzene rings is 1. The summed E-state index contributed by atoms with van der Waals surface area (Å²) in [7, 11) is 0. The van der Waals surface area contributed by atoms with Crippen LogP contribution in [0.3, 0.4) is 0 Å². The van der Waals surface area contributed by atoms with E-state index in [9.17, 15) is 9.59 Å². The molecule has 2 aromatic rings. The van der Waals surface area contributed by atoms with Crippen molar-refractivity contribution in [1.29, 1.82) is 0 Å². The number of carbonyl (C=O) groups excluding carboxylic acids is 2. The van der Waals surface area contributed by atoms with Gasteiger partial charge in [0.2, 0.25) is 5.91 Å². The Balaban J connectivity index is 1.25. The molecular weight excluding hydrogens is 386 g/mol. The third-order valence-corrected chi connectivity index (χ3v) is 5.59. The number of morpholine rings is 2. The van der Waals surface area contributed by atoms with E-state index in [0.29, 0.717) is 59.0 Å². The monoisotopic (exact) mass is 415 g/mol. The molecule has 0 bridgehead atoms. The summed E-state index contributed by atoms with van der Waals surface area (Å²) in [5, 5.41) is 2.95. The summed E-state index contributed by atoms with van der Waals surface area (Å²) in [6.07, 6.45) is 0.636. The molecule has 2 amide bonds. The number of imidazole rings is 1. The Morgan fingerprint density at radius 1 is 1.20 bits per heavy atom. The Kier molecular flexibility index (Phi) is 6.31. The molecule has 3 heterocycles. The lowest BCUT2D eigenvalue weighted by atomic mass is 10.0. The molecule has 9 nitrogen and oxygen atoms in total. The number of para-hydroxylation sites is 2. The molecule has 1 unspecified atom stereocenters. The van der Waals surface area contributed by atoms with Crippen molar-refractivity contribution >= 4 is 22.8 Å². The highest BCUT2D eigenvalue weighted by Gasteiger charge is 2.42. The number of carbonyl (C=O) groups is 2. The quantitative estimate of drug-likeness (QED) is 0.698. The highest BCUT2D eigenvalue weighted by atomic mass is 16.5. The van der Waals surface area contributed by atoms with E-state index < -0.39 is 5.60 Å². The molecule has 1 atom stereocenters. The molecule has 0 saturated carbocycles. The molecule has 1 aromatic carbocycles. The summed E-state index contributed by atoms with van der Waals surface area (Å²) < 4.78 is 11.2. The third kappa shape index (κ3) is 4.80. The van der Waals surface area contributed by atoms with Crippen molar-refractivity contribution < 1.29 is 19.1 Å². The average molecular weight is 415 g/mol. The number of aromatic amines is 1. The van der Waals surface area contributed by atoms with Gasteiger partial charge in [-0.05, 0) is 19.1 Å². The van der Waals surface area contributed by atoms with E-state index in [4.69, 9.17) is 9.47 Å². The van der Waals surface area contributed by atoms with Crippen LogP contribution in [0.1, 0.15) is 12.7 Å². The van der Waals surface area contributed by atoms with E-state index in [1.54, 1.807) is 4.90 Å². The van der Waals surface area contributed by atoms with Crippen molar-refractivity contribution in [2.75, 3.05) is 59.1 Å². The summed E-state index contributed by atoms with van der Waals surface area (Å²) >= 11 is 0. The third-order valence-electron chi connectivity index (χ3n) is 5.59. The van der Waals surface area contributed by atoms with Gasteiger partial charge in [0.05, 0.1) is 37.4 Å². The number of nitrogens with zero attached hydrogens (tertiary/aromatic N) is 3. The Bertz CT molecular complexity index is 861. The molecule has 4 rings (SSSR count). The van der Waals surface area contributed by atoms with Gasteiger partial charge in [0.25, 0.3) is 5.91 Å².